The molecule has 1 aromatic carbocycles. The van der Waals surface area contributed by atoms with E-state index in [0.717, 1.165) is 36.3 Å². The summed E-state index contributed by atoms with van der Waals surface area (Å²) in [5, 5.41) is 3.55. The molecule has 1 aromatic heterocycles. The van der Waals surface area contributed by atoms with E-state index in [1.54, 1.807) is 0 Å². The van der Waals surface area contributed by atoms with Gasteiger partial charge in [-0.15, -0.1) is 0 Å². The number of halogens is 1. The number of imidazole rings is 1. The minimum Gasteiger partial charge on any atom is -0.493 e. The van der Waals surface area contributed by atoms with Gasteiger partial charge in [0, 0.05) is 35.2 Å². The van der Waals surface area contributed by atoms with Crippen molar-refractivity contribution >= 4 is 15.9 Å². The maximum Gasteiger partial charge on any atom is 0.127 e. The molecule has 0 amide bonds. The van der Waals surface area contributed by atoms with Crippen molar-refractivity contribution in [2.75, 3.05) is 6.61 Å². The van der Waals surface area contributed by atoms with Crippen molar-refractivity contribution in [3.8, 4) is 5.75 Å². The zero-order valence-corrected chi connectivity index (χ0v) is 13.4. The van der Waals surface area contributed by atoms with E-state index in [-0.39, 0.29) is 0 Å². The topological polar surface area (TPSA) is 39.1 Å². The van der Waals surface area contributed by atoms with Gasteiger partial charge in [0.25, 0.3) is 0 Å². The van der Waals surface area contributed by atoms with E-state index in [0.29, 0.717) is 6.04 Å². The smallest absolute Gasteiger partial charge is 0.127 e. The average molecular weight is 348 g/mol. The Morgan fingerprint density at radius 3 is 3.14 bits per heavy atom. The maximum atomic E-state index is 5.81. The third-order valence-electron chi connectivity index (χ3n) is 4.11. The van der Waals surface area contributed by atoms with Gasteiger partial charge in [0.15, 0.2) is 0 Å². The zero-order valence-electron chi connectivity index (χ0n) is 11.8. The number of benzene rings is 1. The highest BCUT2D eigenvalue weighted by Gasteiger charge is 2.21. The largest absolute Gasteiger partial charge is 0.493 e. The lowest BCUT2D eigenvalue weighted by Crippen LogP contribution is -2.18. The fourth-order valence-corrected chi connectivity index (χ4v) is 3.37. The van der Waals surface area contributed by atoms with Gasteiger partial charge in [-0.2, -0.15) is 0 Å². The highest BCUT2D eigenvalue weighted by Crippen LogP contribution is 2.33. The highest BCUT2D eigenvalue weighted by atomic mass is 79.9. The van der Waals surface area contributed by atoms with Crippen molar-refractivity contribution in [1.29, 1.82) is 0 Å². The van der Waals surface area contributed by atoms with Crippen molar-refractivity contribution in [1.82, 2.24) is 14.9 Å². The normalized spacial score (nSPS) is 16.8. The minimum absolute atomic E-state index is 0.715. The van der Waals surface area contributed by atoms with E-state index in [4.69, 9.17) is 4.74 Å². The van der Waals surface area contributed by atoms with Crippen LogP contribution < -0.4 is 10.1 Å². The van der Waals surface area contributed by atoms with Crippen molar-refractivity contribution < 1.29 is 4.74 Å². The van der Waals surface area contributed by atoms with E-state index in [1.165, 1.54) is 29.7 Å². The summed E-state index contributed by atoms with van der Waals surface area (Å²) in [6.07, 6.45) is 7.48. The second-order valence-electron chi connectivity index (χ2n) is 5.82. The molecule has 0 spiro atoms. The van der Waals surface area contributed by atoms with E-state index < -0.39 is 0 Å². The number of aromatic nitrogens is 2. The monoisotopic (exact) mass is 347 g/mol. The highest BCUT2D eigenvalue weighted by molar-refractivity contribution is 9.10. The molecule has 0 bridgehead atoms. The summed E-state index contributed by atoms with van der Waals surface area (Å²) in [7, 11) is 0. The van der Waals surface area contributed by atoms with Gasteiger partial charge in [-0.1, -0.05) is 15.9 Å². The van der Waals surface area contributed by atoms with Crippen LogP contribution >= 0.6 is 15.9 Å². The van der Waals surface area contributed by atoms with E-state index in [2.05, 4.69) is 42.9 Å². The van der Waals surface area contributed by atoms with Crippen LogP contribution in [0.25, 0.3) is 0 Å². The van der Waals surface area contributed by atoms with Gasteiger partial charge in [0.2, 0.25) is 0 Å². The SMILES string of the molecule is Brc1cc2c(c(Cn3cncc3CNC3CC3)c1)OCC2. The van der Waals surface area contributed by atoms with Crippen LogP contribution in [-0.2, 0) is 19.5 Å². The Balaban J connectivity index is 1.57. The Hall–Kier alpha value is -1.33. The standard InChI is InChI=1S/C16H18BrN3O/c17-13-5-11-3-4-21-16(11)12(6-13)9-20-10-18-7-15(20)8-19-14-1-2-14/h5-7,10,14,19H,1-4,8-9H2. The van der Waals surface area contributed by atoms with Crippen molar-refractivity contribution in [2.24, 2.45) is 0 Å². The third-order valence-corrected chi connectivity index (χ3v) is 4.57. The quantitative estimate of drug-likeness (QED) is 0.903. The Kier molecular flexibility index (Phi) is 3.47. The molecule has 1 fully saturated rings. The van der Waals surface area contributed by atoms with E-state index in [9.17, 15) is 0 Å². The number of hydrogen-bond donors (Lipinski definition) is 1. The van der Waals surface area contributed by atoms with Crippen LogP contribution in [0.4, 0.5) is 0 Å². The molecule has 0 saturated heterocycles. The molecule has 2 aliphatic rings. The lowest BCUT2D eigenvalue weighted by molar-refractivity contribution is 0.352. The maximum absolute atomic E-state index is 5.81. The van der Waals surface area contributed by atoms with Crippen LogP contribution in [0.15, 0.2) is 29.1 Å². The molecule has 4 nitrogen and oxygen atoms in total. The number of rotatable bonds is 5. The summed E-state index contributed by atoms with van der Waals surface area (Å²) in [5.74, 6) is 1.06. The van der Waals surface area contributed by atoms with Gasteiger partial charge in [-0.05, 0) is 30.5 Å². The van der Waals surface area contributed by atoms with Gasteiger partial charge in [0.05, 0.1) is 25.2 Å². The van der Waals surface area contributed by atoms with Crippen LogP contribution in [0.5, 0.6) is 5.75 Å². The molecule has 5 heteroatoms. The van der Waals surface area contributed by atoms with E-state index in [1.807, 2.05) is 12.5 Å². The fourth-order valence-electron chi connectivity index (χ4n) is 2.82. The first kappa shape index (κ1) is 13.3. The summed E-state index contributed by atoms with van der Waals surface area (Å²) >= 11 is 3.60. The predicted octanol–water partition coefficient (Wildman–Crippen LogP) is 2.88. The Morgan fingerprint density at radius 2 is 2.29 bits per heavy atom. The first-order valence-electron chi connectivity index (χ1n) is 7.46. The molecular weight excluding hydrogens is 330 g/mol. The van der Waals surface area contributed by atoms with Gasteiger partial charge in [-0.3, -0.25) is 0 Å². The zero-order chi connectivity index (χ0) is 14.2. The predicted molar refractivity (Wildman–Crippen MR) is 84.5 cm³/mol. The van der Waals surface area contributed by atoms with Crippen LogP contribution in [0, 0.1) is 0 Å². The molecular formula is C16H18BrN3O. The molecule has 1 aliphatic heterocycles. The molecule has 0 unspecified atom stereocenters. The molecule has 2 aromatic rings. The second-order valence-corrected chi connectivity index (χ2v) is 6.74. The van der Waals surface area contributed by atoms with Crippen molar-refractivity contribution in [3.63, 3.8) is 0 Å². The van der Waals surface area contributed by atoms with E-state index >= 15 is 0 Å². The Bertz CT molecular complexity index is 664. The molecule has 2 heterocycles. The van der Waals surface area contributed by atoms with Gasteiger partial charge < -0.3 is 14.6 Å². The number of nitrogens with zero attached hydrogens (tertiary/aromatic N) is 2. The molecule has 1 N–H and O–H groups in total. The molecule has 4 rings (SSSR count). The van der Waals surface area contributed by atoms with Crippen LogP contribution in [-0.4, -0.2) is 22.2 Å². The summed E-state index contributed by atoms with van der Waals surface area (Å²) in [5.41, 5.74) is 3.76. The Morgan fingerprint density at radius 1 is 1.38 bits per heavy atom. The molecule has 0 atom stereocenters. The third kappa shape index (κ3) is 2.85. The van der Waals surface area contributed by atoms with Crippen LogP contribution in [0.3, 0.4) is 0 Å². The number of fused-ring (bicyclic) bond motifs is 1. The van der Waals surface area contributed by atoms with Gasteiger partial charge >= 0.3 is 0 Å². The summed E-state index contributed by atoms with van der Waals surface area (Å²) < 4.78 is 9.14. The number of hydrogen-bond acceptors (Lipinski definition) is 3. The van der Waals surface area contributed by atoms with Crippen LogP contribution in [0.2, 0.25) is 0 Å². The van der Waals surface area contributed by atoms with Crippen LogP contribution in [0.1, 0.15) is 29.7 Å². The fraction of sp³-hybridized carbons (Fsp3) is 0.438. The second kappa shape index (κ2) is 5.46. The molecule has 1 aliphatic carbocycles. The van der Waals surface area contributed by atoms with Crippen molar-refractivity contribution in [3.05, 3.63) is 46.0 Å². The lowest BCUT2D eigenvalue weighted by Gasteiger charge is -2.12. The van der Waals surface area contributed by atoms with Crippen molar-refractivity contribution in [2.45, 2.75) is 38.4 Å². The number of nitrogens with one attached hydrogen (secondary N) is 1. The first-order chi connectivity index (χ1) is 10.3. The number of ether oxygens (including phenoxy) is 1. The summed E-state index contributed by atoms with van der Waals surface area (Å²) in [4.78, 5) is 4.30. The van der Waals surface area contributed by atoms with Gasteiger partial charge in [-0.25, -0.2) is 4.98 Å². The summed E-state index contributed by atoms with van der Waals surface area (Å²) in [6, 6.07) is 5.03. The molecule has 1 saturated carbocycles. The Labute approximate surface area is 132 Å². The van der Waals surface area contributed by atoms with Gasteiger partial charge in [0.1, 0.15) is 5.75 Å². The molecule has 110 valence electrons. The lowest BCUT2D eigenvalue weighted by atomic mass is 10.1. The summed E-state index contributed by atoms with van der Waals surface area (Å²) in [6.45, 7) is 2.49. The molecule has 21 heavy (non-hydrogen) atoms. The molecule has 0 radical (unpaired) electrons. The average Bonchev–Trinajstić information content (AvgIpc) is 2.99. The first-order valence-corrected chi connectivity index (χ1v) is 8.25. The minimum atomic E-state index is 0.715.